The molecule has 0 aliphatic carbocycles. The molecule has 1 atom stereocenters. The number of hydrogen-bond donors (Lipinski definition) is 2. The molecular formula is C11H13N3O5. The number of rotatable bonds is 6. The lowest BCUT2D eigenvalue weighted by Crippen LogP contribution is -2.36. The number of amides is 1. The highest BCUT2D eigenvalue weighted by Crippen LogP contribution is 2.12. The van der Waals surface area contributed by atoms with Gasteiger partial charge in [-0.15, -0.1) is 0 Å². The number of hydrogen-bond acceptors (Lipinski definition) is 6. The Labute approximate surface area is 108 Å². The summed E-state index contributed by atoms with van der Waals surface area (Å²) in [5, 5.41) is 10.4. The van der Waals surface area contributed by atoms with Crippen molar-refractivity contribution in [3.63, 3.8) is 0 Å². The minimum atomic E-state index is -1.10. The molecule has 0 bridgehead atoms. The molecule has 0 heterocycles. The van der Waals surface area contributed by atoms with Gasteiger partial charge in [0, 0.05) is 12.1 Å². The molecule has 0 spiro atoms. The van der Waals surface area contributed by atoms with Gasteiger partial charge in [-0.3, -0.25) is 19.7 Å². The molecule has 1 amide bonds. The third-order valence-corrected chi connectivity index (χ3v) is 2.25. The number of carbonyl (C=O) groups is 2. The van der Waals surface area contributed by atoms with Gasteiger partial charge < -0.3 is 16.2 Å². The van der Waals surface area contributed by atoms with Crippen LogP contribution < -0.4 is 11.5 Å². The molecule has 8 nitrogen and oxygen atoms in total. The fourth-order valence-corrected chi connectivity index (χ4v) is 1.28. The van der Waals surface area contributed by atoms with Crippen molar-refractivity contribution in [2.24, 2.45) is 11.5 Å². The van der Waals surface area contributed by atoms with Crippen molar-refractivity contribution in [3.05, 3.63) is 39.9 Å². The third kappa shape index (κ3) is 4.72. The predicted molar refractivity (Wildman–Crippen MR) is 64.7 cm³/mol. The van der Waals surface area contributed by atoms with Crippen molar-refractivity contribution in [2.45, 2.75) is 19.1 Å². The molecular weight excluding hydrogens is 254 g/mol. The smallest absolute Gasteiger partial charge is 0.323 e. The summed E-state index contributed by atoms with van der Waals surface area (Å²) in [6.07, 6.45) is -0.293. The lowest BCUT2D eigenvalue weighted by atomic mass is 10.2. The summed E-state index contributed by atoms with van der Waals surface area (Å²) in [7, 11) is 0. The molecule has 0 aliphatic rings. The Morgan fingerprint density at radius 1 is 1.32 bits per heavy atom. The molecule has 102 valence electrons. The molecule has 1 aromatic carbocycles. The molecule has 0 aliphatic heterocycles. The summed E-state index contributed by atoms with van der Waals surface area (Å²) >= 11 is 0. The third-order valence-electron chi connectivity index (χ3n) is 2.25. The number of benzene rings is 1. The van der Waals surface area contributed by atoms with E-state index in [0.29, 0.717) is 5.56 Å². The molecule has 4 N–H and O–H groups in total. The number of carbonyl (C=O) groups excluding carboxylic acids is 2. The number of nitrogens with two attached hydrogens (primary N) is 2. The summed E-state index contributed by atoms with van der Waals surface area (Å²) in [4.78, 5) is 31.8. The number of nitro groups is 1. The Morgan fingerprint density at radius 3 is 2.37 bits per heavy atom. The molecule has 0 aromatic heterocycles. The molecule has 19 heavy (non-hydrogen) atoms. The lowest BCUT2D eigenvalue weighted by molar-refractivity contribution is -0.384. The summed E-state index contributed by atoms with van der Waals surface area (Å²) in [6.45, 7) is -0.0801. The van der Waals surface area contributed by atoms with Gasteiger partial charge in [0.05, 0.1) is 11.3 Å². The highest BCUT2D eigenvalue weighted by molar-refractivity contribution is 5.84. The van der Waals surface area contributed by atoms with Crippen LogP contribution in [0.25, 0.3) is 0 Å². The molecule has 0 fully saturated rings. The van der Waals surface area contributed by atoms with Crippen molar-refractivity contribution < 1.29 is 19.2 Å². The molecule has 1 rings (SSSR count). The van der Waals surface area contributed by atoms with E-state index in [0.717, 1.165) is 0 Å². The minimum Gasteiger partial charge on any atom is -0.460 e. The number of ether oxygens (including phenoxy) is 1. The fourth-order valence-electron chi connectivity index (χ4n) is 1.28. The maximum Gasteiger partial charge on any atom is 0.323 e. The summed E-state index contributed by atoms with van der Waals surface area (Å²) in [6, 6.07) is 4.42. The molecule has 1 aromatic rings. The van der Waals surface area contributed by atoms with E-state index in [9.17, 15) is 19.7 Å². The first-order valence-corrected chi connectivity index (χ1v) is 5.34. The number of nitrogens with zero attached hydrogens (tertiary/aromatic N) is 1. The zero-order valence-electron chi connectivity index (χ0n) is 9.94. The van der Waals surface area contributed by atoms with Crippen LogP contribution >= 0.6 is 0 Å². The zero-order valence-corrected chi connectivity index (χ0v) is 9.94. The fraction of sp³-hybridized carbons (Fsp3) is 0.273. The van der Waals surface area contributed by atoms with E-state index >= 15 is 0 Å². The van der Waals surface area contributed by atoms with Crippen molar-refractivity contribution >= 4 is 17.6 Å². The maximum absolute atomic E-state index is 11.4. The van der Waals surface area contributed by atoms with Crippen LogP contribution in [-0.4, -0.2) is 22.8 Å². The Hall–Kier alpha value is -2.48. The SMILES string of the molecule is NC(=O)CC(N)C(=O)OCc1ccc([N+](=O)[O-])cc1. The first-order chi connectivity index (χ1) is 8.90. The van der Waals surface area contributed by atoms with Gasteiger partial charge in [-0.2, -0.15) is 0 Å². The minimum absolute atomic E-state index is 0.0551. The molecule has 8 heteroatoms. The normalized spacial score (nSPS) is 11.6. The van der Waals surface area contributed by atoms with Gasteiger partial charge in [0.25, 0.3) is 5.69 Å². The first-order valence-electron chi connectivity index (χ1n) is 5.34. The topological polar surface area (TPSA) is 139 Å². The quantitative estimate of drug-likeness (QED) is 0.417. The second-order valence-corrected chi connectivity index (χ2v) is 3.81. The van der Waals surface area contributed by atoms with Gasteiger partial charge in [-0.05, 0) is 17.7 Å². The van der Waals surface area contributed by atoms with Crippen LogP contribution in [0.4, 0.5) is 5.69 Å². The number of nitro benzene ring substituents is 1. The van der Waals surface area contributed by atoms with Gasteiger partial charge in [0.15, 0.2) is 0 Å². The van der Waals surface area contributed by atoms with Crippen molar-refractivity contribution in [1.29, 1.82) is 0 Å². The Kier molecular flexibility index (Phi) is 4.95. The Bertz CT molecular complexity index is 486. The highest BCUT2D eigenvalue weighted by atomic mass is 16.6. The van der Waals surface area contributed by atoms with Gasteiger partial charge in [-0.1, -0.05) is 0 Å². The predicted octanol–water partition coefficient (Wildman–Crippen LogP) is -0.159. The zero-order chi connectivity index (χ0) is 14.4. The van der Waals surface area contributed by atoms with Crippen LogP contribution in [0.5, 0.6) is 0 Å². The van der Waals surface area contributed by atoms with Crippen molar-refractivity contribution in [1.82, 2.24) is 0 Å². The Morgan fingerprint density at radius 2 is 1.89 bits per heavy atom. The van der Waals surface area contributed by atoms with Crippen LogP contribution in [0, 0.1) is 10.1 Å². The first kappa shape index (κ1) is 14.6. The molecule has 0 radical (unpaired) electrons. The van der Waals surface area contributed by atoms with E-state index in [2.05, 4.69) is 0 Å². The molecule has 0 saturated carbocycles. The Balaban J connectivity index is 2.50. The van der Waals surface area contributed by atoms with Gasteiger partial charge in [0.2, 0.25) is 5.91 Å². The molecule has 1 unspecified atom stereocenters. The maximum atomic E-state index is 11.4. The van der Waals surface area contributed by atoms with Gasteiger partial charge in [0.1, 0.15) is 12.6 Å². The van der Waals surface area contributed by atoms with Crippen LogP contribution in [0.1, 0.15) is 12.0 Å². The summed E-state index contributed by atoms with van der Waals surface area (Å²) < 4.78 is 4.85. The van der Waals surface area contributed by atoms with E-state index in [1.54, 1.807) is 0 Å². The number of non-ortho nitro benzene ring substituents is 1. The van der Waals surface area contributed by atoms with Crippen molar-refractivity contribution in [2.75, 3.05) is 0 Å². The molecule has 0 saturated heterocycles. The monoisotopic (exact) mass is 267 g/mol. The van der Waals surface area contributed by atoms with E-state index < -0.39 is 22.8 Å². The van der Waals surface area contributed by atoms with Gasteiger partial charge in [-0.25, -0.2) is 0 Å². The van der Waals surface area contributed by atoms with Crippen molar-refractivity contribution in [3.8, 4) is 0 Å². The average molecular weight is 267 g/mol. The van der Waals surface area contributed by atoms with E-state index in [1.807, 2.05) is 0 Å². The number of esters is 1. The van der Waals surface area contributed by atoms with Crippen LogP contribution in [-0.2, 0) is 20.9 Å². The van der Waals surface area contributed by atoms with Crippen LogP contribution in [0.2, 0.25) is 0 Å². The highest BCUT2D eigenvalue weighted by Gasteiger charge is 2.17. The summed E-state index contributed by atoms with van der Waals surface area (Å²) in [5.74, 6) is -1.45. The summed E-state index contributed by atoms with van der Waals surface area (Å²) in [5.41, 5.74) is 10.8. The number of primary amides is 1. The van der Waals surface area contributed by atoms with Crippen LogP contribution in [0.3, 0.4) is 0 Å². The van der Waals surface area contributed by atoms with E-state index in [4.69, 9.17) is 16.2 Å². The van der Waals surface area contributed by atoms with E-state index in [1.165, 1.54) is 24.3 Å². The second kappa shape index (κ2) is 6.45. The standard InChI is InChI=1S/C11H13N3O5/c12-9(5-10(13)15)11(16)19-6-7-1-3-8(4-2-7)14(17)18/h1-4,9H,5-6,12H2,(H2,13,15). The van der Waals surface area contributed by atoms with E-state index in [-0.39, 0.29) is 18.7 Å². The van der Waals surface area contributed by atoms with Gasteiger partial charge >= 0.3 is 5.97 Å². The second-order valence-electron chi connectivity index (χ2n) is 3.81. The average Bonchev–Trinajstić information content (AvgIpc) is 2.35. The largest absolute Gasteiger partial charge is 0.460 e. The van der Waals surface area contributed by atoms with Crippen LogP contribution in [0.15, 0.2) is 24.3 Å². The lowest BCUT2D eigenvalue weighted by Gasteiger charge is -2.09.